The molecule has 21 heavy (non-hydrogen) atoms. The van der Waals surface area contributed by atoms with E-state index in [-0.39, 0.29) is 11.8 Å². The number of aromatic nitrogens is 3. The van der Waals surface area contributed by atoms with Gasteiger partial charge in [0.05, 0.1) is 6.54 Å². The summed E-state index contributed by atoms with van der Waals surface area (Å²) in [6.07, 6.45) is 6.22. The molecular formula is C14H17N5O2. The fourth-order valence-corrected chi connectivity index (χ4v) is 2.41. The van der Waals surface area contributed by atoms with Crippen molar-refractivity contribution in [2.45, 2.75) is 25.6 Å². The van der Waals surface area contributed by atoms with Crippen LogP contribution in [0.3, 0.4) is 0 Å². The van der Waals surface area contributed by atoms with Crippen LogP contribution < -0.4 is 10.6 Å². The smallest absolute Gasteiger partial charge is 0.268 e. The lowest BCUT2D eigenvalue weighted by Gasteiger charge is -2.24. The summed E-state index contributed by atoms with van der Waals surface area (Å²) >= 11 is 0. The van der Waals surface area contributed by atoms with Crippen LogP contribution in [0.25, 0.3) is 0 Å². The Morgan fingerprint density at radius 3 is 3.14 bits per heavy atom. The summed E-state index contributed by atoms with van der Waals surface area (Å²) in [5.41, 5.74) is 0.595. The van der Waals surface area contributed by atoms with Crippen molar-refractivity contribution >= 4 is 11.8 Å². The molecular weight excluding hydrogens is 270 g/mol. The maximum atomic E-state index is 12.1. The molecule has 3 rings (SSSR count). The minimum absolute atomic E-state index is 0.150. The zero-order valence-electron chi connectivity index (χ0n) is 11.5. The molecule has 1 unspecified atom stereocenters. The van der Waals surface area contributed by atoms with E-state index in [4.69, 9.17) is 0 Å². The van der Waals surface area contributed by atoms with Crippen LogP contribution in [0.2, 0.25) is 0 Å². The lowest BCUT2D eigenvalue weighted by molar-refractivity contribution is -0.123. The molecule has 0 fully saturated rings. The lowest BCUT2D eigenvalue weighted by Crippen LogP contribution is -2.52. The molecule has 0 aliphatic carbocycles. The fourth-order valence-electron chi connectivity index (χ4n) is 2.41. The number of aryl methyl sites for hydroxylation is 1. The summed E-state index contributed by atoms with van der Waals surface area (Å²) in [7, 11) is 0. The summed E-state index contributed by atoms with van der Waals surface area (Å²) in [6.45, 7) is 1.79. The first-order valence-electron chi connectivity index (χ1n) is 6.95. The summed E-state index contributed by atoms with van der Waals surface area (Å²) in [4.78, 5) is 23.9. The molecule has 110 valence electrons. The number of amides is 2. The van der Waals surface area contributed by atoms with Crippen LogP contribution in [-0.2, 0) is 17.9 Å². The van der Waals surface area contributed by atoms with Crippen molar-refractivity contribution in [1.29, 1.82) is 0 Å². The molecule has 0 spiro atoms. The highest BCUT2D eigenvalue weighted by molar-refractivity contribution is 5.97. The molecule has 3 heterocycles. The topological polar surface area (TPSA) is 81.0 Å². The Hall–Kier alpha value is -2.57. The van der Waals surface area contributed by atoms with Crippen LogP contribution in [0.5, 0.6) is 0 Å². The molecule has 1 atom stereocenters. The Morgan fingerprint density at radius 1 is 1.43 bits per heavy atom. The van der Waals surface area contributed by atoms with E-state index in [0.29, 0.717) is 18.8 Å². The molecule has 0 radical (unpaired) electrons. The SMILES string of the molecule is O=C1NC(C(=O)NCCCn2cccn2)Cn2cccc21. The second-order valence-corrected chi connectivity index (χ2v) is 4.99. The highest BCUT2D eigenvalue weighted by Crippen LogP contribution is 2.09. The van der Waals surface area contributed by atoms with E-state index >= 15 is 0 Å². The molecule has 7 nitrogen and oxygen atoms in total. The molecule has 1 aliphatic heterocycles. The molecule has 0 saturated heterocycles. The zero-order chi connectivity index (χ0) is 14.7. The Morgan fingerprint density at radius 2 is 2.33 bits per heavy atom. The minimum Gasteiger partial charge on any atom is -0.354 e. The van der Waals surface area contributed by atoms with Crippen LogP contribution in [0.4, 0.5) is 0 Å². The van der Waals surface area contributed by atoms with Crippen molar-refractivity contribution in [2.24, 2.45) is 0 Å². The number of rotatable bonds is 5. The average Bonchev–Trinajstić information content (AvgIpc) is 3.14. The van der Waals surface area contributed by atoms with Crippen LogP contribution >= 0.6 is 0 Å². The van der Waals surface area contributed by atoms with Crippen molar-refractivity contribution in [3.8, 4) is 0 Å². The summed E-state index contributed by atoms with van der Waals surface area (Å²) < 4.78 is 3.62. The van der Waals surface area contributed by atoms with Gasteiger partial charge in [0.15, 0.2) is 0 Å². The average molecular weight is 287 g/mol. The Balaban J connectivity index is 1.47. The van der Waals surface area contributed by atoms with Gasteiger partial charge in [0.25, 0.3) is 5.91 Å². The number of hydrogen-bond acceptors (Lipinski definition) is 3. The largest absolute Gasteiger partial charge is 0.354 e. The zero-order valence-corrected chi connectivity index (χ0v) is 11.5. The molecule has 2 aromatic rings. The van der Waals surface area contributed by atoms with E-state index in [1.165, 1.54) is 0 Å². The first-order valence-corrected chi connectivity index (χ1v) is 6.95. The third kappa shape index (κ3) is 2.96. The molecule has 2 N–H and O–H groups in total. The van der Waals surface area contributed by atoms with Crippen LogP contribution in [0.1, 0.15) is 16.9 Å². The van der Waals surface area contributed by atoms with E-state index in [0.717, 1.165) is 13.0 Å². The first-order chi connectivity index (χ1) is 10.2. The summed E-state index contributed by atoms with van der Waals surface area (Å²) in [5.74, 6) is -0.355. The van der Waals surface area contributed by atoms with Crippen molar-refractivity contribution in [3.63, 3.8) is 0 Å². The highest BCUT2D eigenvalue weighted by atomic mass is 16.2. The van der Waals surface area contributed by atoms with Gasteiger partial charge in [-0.25, -0.2) is 0 Å². The standard InChI is InChI=1S/C14H17N5O2/c20-13(15-5-2-8-19-9-3-6-16-19)11-10-18-7-1-4-12(18)14(21)17-11/h1,3-4,6-7,9,11H,2,5,8,10H2,(H,15,20)(H,17,21). The van der Waals surface area contributed by atoms with Crippen molar-refractivity contribution in [1.82, 2.24) is 25.0 Å². The predicted molar refractivity (Wildman–Crippen MR) is 75.5 cm³/mol. The molecule has 0 bridgehead atoms. The third-order valence-electron chi connectivity index (χ3n) is 3.49. The van der Waals surface area contributed by atoms with Gasteiger partial charge in [-0.1, -0.05) is 0 Å². The number of carbonyl (C=O) groups is 2. The van der Waals surface area contributed by atoms with Crippen molar-refractivity contribution < 1.29 is 9.59 Å². The van der Waals surface area contributed by atoms with Gasteiger partial charge < -0.3 is 15.2 Å². The van der Waals surface area contributed by atoms with Crippen LogP contribution in [-0.4, -0.2) is 38.7 Å². The van der Waals surface area contributed by atoms with Gasteiger partial charge in [0.1, 0.15) is 11.7 Å². The number of carbonyl (C=O) groups excluding carboxylic acids is 2. The van der Waals surface area contributed by atoms with Crippen LogP contribution in [0.15, 0.2) is 36.8 Å². The molecule has 0 saturated carbocycles. The second-order valence-electron chi connectivity index (χ2n) is 4.99. The number of nitrogens with one attached hydrogen (secondary N) is 2. The minimum atomic E-state index is -0.512. The Kier molecular flexibility index (Phi) is 3.72. The monoisotopic (exact) mass is 287 g/mol. The van der Waals surface area contributed by atoms with Gasteiger partial charge in [0.2, 0.25) is 5.91 Å². The van der Waals surface area contributed by atoms with E-state index in [2.05, 4.69) is 15.7 Å². The molecule has 7 heteroatoms. The second kappa shape index (κ2) is 5.82. The van der Waals surface area contributed by atoms with Crippen molar-refractivity contribution in [2.75, 3.05) is 6.54 Å². The summed E-state index contributed by atoms with van der Waals surface area (Å²) in [6, 6.07) is 4.90. The van der Waals surface area contributed by atoms with E-state index < -0.39 is 6.04 Å². The van der Waals surface area contributed by atoms with Gasteiger partial charge in [-0.15, -0.1) is 0 Å². The number of fused-ring (bicyclic) bond motifs is 1. The fraction of sp³-hybridized carbons (Fsp3) is 0.357. The normalized spacial score (nSPS) is 17.1. The third-order valence-corrected chi connectivity index (χ3v) is 3.49. The highest BCUT2D eigenvalue weighted by Gasteiger charge is 2.28. The predicted octanol–water partition coefficient (Wildman–Crippen LogP) is 0.00310. The van der Waals surface area contributed by atoms with Gasteiger partial charge in [-0.05, 0) is 24.6 Å². The summed E-state index contributed by atoms with van der Waals surface area (Å²) in [5, 5.41) is 9.67. The Bertz CT molecular complexity index is 632. The Labute approximate surface area is 121 Å². The number of nitrogens with zero attached hydrogens (tertiary/aromatic N) is 3. The van der Waals surface area contributed by atoms with E-state index in [1.807, 2.05) is 23.1 Å². The van der Waals surface area contributed by atoms with Gasteiger partial charge >= 0.3 is 0 Å². The maximum absolute atomic E-state index is 12.1. The number of hydrogen-bond donors (Lipinski definition) is 2. The molecule has 1 aliphatic rings. The van der Waals surface area contributed by atoms with Crippen molar-refractivity contribution in [3.05, 3.63) is 42.5 Å². The molecule has 0 aromatic carbocycles. The quantitative estimate of drug-likeness (QED) is 0.760. The lowest BCUT2D eigenvalue weighted by atomic mass is 10.2. The van der Waals surface area contributed by atoms with Gasteiger partial charge in [-0.3, -0.25) is 14.3 Å². The van der Waals surface area contributed by atoms with Crippen LogP contribution in [0, 0.1) is 0 Å². The van der Waals surface area contributed by atoms with Gasteiger partial charge in [0, 0.05) is 31.7 Å². The van der Waals surface area contributed by atoms with E-state index in [9.17, 15) is 9.59 Å². The van der Waals surface area contributed by atoms with E-state index in [1.54, 1.807) is 22.9 Å². The molecule has 2 amide bonds. The van der Waals surface area contributed by atoms with Gasteiger partial charge in [-0.2, -0.15) is 5.10 Å². The maximum Gasteiger partial charge on any atom is 0.268 e. The molecule has 2 aromatic heterocycles. The first kappa shape index (κ1) is 13.4.